The van der Waals surface area contributed by atoms with Gasteiger partial charge in [-0.15, -0.1) is 11.3 Å². The summed E-state index contributed by atoms with van der Waals surface area (Å²) in [6.45, 7) is 5.02. The van der Waals surface area contributed by atoms with Gasteiger partial charge in [0, 0.05) is 21.9 Å². The van der Waals surface area contributed by atoms with Crippen LogP contribution < -0.4 is 5.32 Å². The van der Waals surface area contributed by atoms with E-state index in [4.69, 9.17) is 0 Å². The highest BCUT2D eigenvalue weighted by molar-refractivity contribution is 9.09. The first kappa shape index (κ1) is 13.8. The molecule has 1 aliphatic heterocycles. The Morgan fingerprint density at radius 3 is 2.80 bits per heavy atom. The number of halogens is 1. The van der Waals surface area contributed by atoms with Gasteiger partial charge in [-0.3, -0.25) is 4.79 Å². The van der Waals surface area contributed by atoms with Crippen LogP contribution in [0.5, 0.6) is 0 Å². The van der Waals surface area contributed by atoms with Crippen molar-refractivity contribution in [3.05, 3.63) is 56.3 Å². The van der Waals surface area contributed by atoms with Crippen molar-refractivity contribution in [1.29, 1.82) is 0 Å². The number of nitrogens with one attached hydrogen (secondary N) is 1. The maximum atomic E-state index is 11.9. The molecule has 1 atom stereocenters. The molecule has 0 spiro atoms. The summed E-state index contributed by atoms with van der Waals surface area (Å²) in [5.74, 6) is 0.0475. The molecule has 4 heteroatoms. The lowest BCUT2D eigenvalue weighted by molar-refractivity contribution is 0.0946. The molecule has 1 aliphatic rings. The summed E-state index contributed by atoms with van der Waals surface area (Å²) < 4.78 is 0. The van der Waals surface area contributed by atoms with E-state index in [0.717, 1.165) is 29.7 Å². The van der Waals surface area contributed by atoms with Crippen LogP contribution in [-0.4, -0.2) is 12.5 Å². The van der Waals surface area contributed by atoms with E-state index in [0.29, 0.717) is 0 Å². The first-order chi connectivity index (χ1) is 9.56. The van der Waals surface area contributed by atoms with Crippen molar-refractivity contribution in [1.82, 2.24) is 5.32 Å². The predicted octanol–water partition coefficient (Wildman–Crippen LogP) is 4.14. The number of amides is 1. The Kier molecular flexibility index (Phi) is 3.69. The molecule has 20 heavy (non-hydrogen) atoms. The molecule has 3 rings (SSSR count). The molecule has 1 aromatic heterocycles. The van der Waals surface area contributed by atoms with E-state index in [1.165, 1.54) is 15.3 Å². The van der Waals surface area contributed by atoms with Crippen LogP contribution in [0.1, 0.15) is 41.6 Å². The third-order valence-corrected chi connectivity index (χ3v) is 6.33. The second-order valence-electron chi connectivity index (χ2n) is 5.17. The van der Waals surface area contributed by atoms with Gasteiger partial charge < -0.3 is 5.32 Å². The average Bonchev–Trinajstić information content (AvgIpc) is 2.78. The summed E-state index contributed by atoms with van der Waals surface area (Å²) in [6, 6.07) is 8.46. The number of benzene rings is 1. The van der Waals surface area contributed by atoms with Crippen molar-refractivity contribution >= 4 is 33.2 Å². The van der Waals surface area contributed by atoms with Gasteiger partial charge in [0.25, 0.3) is 5.91 Å². The van der Waals surface area contributed by atoms with E-state index in [-0.39, 0.29) is 10.7 Å². The average molecular weight is 350 g/mol. The maximum Gasteiger partial charge on any atom is 0.251 e. The van der Waals surface area contributed by atoms with Gasteiger partial charge in [-0.1, -0.05) is 28.1 Å². The predicted molar refractivity (Wildman–Crippen MR) is 87.0 cm³/mol. The van der Waals surface area contributed by atoms with Gasteiger partial charge in [-0.05, 0) is 49.1 Å². The number of rotatable bonds is 2. The lowest BCUT2D eigenvalue weighted by atomic mass is 9.96. The Morgan fingerprint density at radius 1 is 1.30 bits per heavy atom. The number of hydrogen-bond acceptors (Lipinski definition) is 2. The minimum absolute atomic E-state index is 0.0475. The third kappa shape index (κ3) is 2.42. The summed E-state index contributed by atoms with van der Waals surface area (Å²) in [4.78, 5) is 14.7. The van der Waals surface area contributed by atoms with Gasteiger partial charge in [0.15, 0.2) is 0 Å². The lowest BCUT2D eigenvalue weighted by Crippen LogP contribution is -2.31. The van der Waals surface area contributed by atoms with Crippen molar-refractivity contribution in [3.63, 3.8) is 0 Å². The van der Waals surface area contributed by atoms with Gasteiger partial charge >= 0.3 is 0 Å². The highest BCUT2D eigenvalue weighted by Gasteiger charge is 2.20. The van der Waals surface area contributed by atoms with E-state index in [1.807, 2.05) is 17.4 Å². The summed E-state index contributed by atoms with van der Waals surface area (Å²) in [5.41, 5.74) is 4.44. The lowest BCUT2D eigenvalue weighted by Gasteiger charge is -2.18. The number of carbonyl (C=O) groups is 1. The van der Waals surface area contributed by atoms with E-state index in [2.05, 4.69) is 53.3 Å². The molecule has 0 radical (unpaired) electrons. The summed E-state index contributed by atoms with van der Waals surface area (Å²) in [7, 11) is 0. The molecule has 0 saturated heterocycles. The number of hydrogen-bond donors (Lipinski definition) is 1. The quantitative estimate of drug-likeness (QED) is 0.811. The van der Waals surface area contributed by atoms with Gasteiger partial charge in [0.1, 0.15) is 0 Å². The largest absolute Gasteiger partial charge is 0.352 e. The Balaban J connectivity index is 1.98. The molecule has 0 fully saturated rings. The van der Waals surface area contributed by atoms with Crippen molar-refractivity contribution < 1.29 is 4.79 Å². The molecule has 2 nitrogen and oxygen atoms in total. The normalized spacial score (nSPS) is 15.7. The van der Waals surface area contributed by atoms with Crippen LogP contribution in [0.2, 0.25) is 0 Å². The maximum absolute atomic E-state index is 11.9. The van der Waals surface area contributed by atoms with E-state index in [9.17, 15) is 4.79 Å². The number of carbonyl (C=O) groups excluding carboxylic acids is 1. The second-order valence-corrected chi connectivity index (χ2v) is 7.38. The Bertz CT molecular complexity index is 658. The van der Waals surface area contributed by atoms with Crippen LogP contribution in [0.15, 0.2) is 24.3 Å². The van der Waals surface area contributed by atoms with Crippen LogP contribution in [-0.2, 0) is 6.42 Å². The summed E-state index contributed by atoms with van der Waals surface area (Å²) in [5, 5.41) is 2.91. The molecule has 0 saturated carbocycles. The number of aryl methyl sites for hydroxylation is 2. The minimum Gasteiger partial charge on any atom is -0.352 e. The van der Waals surface area contributed by atoms with Crippen LogP contribution in [0.4, 0.5) is 0 Å². The molecule has 2 aromatic rings. The smallest absolute Gasteiger partial charge is 0.251 e. The van der Waals surface area contributed by atoms with Crippen LogP contribution in [0.25, 0.3) is 0 Å². The van der Waals surface area contributed by atoms with E-state index < -0.39 is 0 Å². The van der Waals surface area contributed by atoms with Crippen molar-refractivity contribution in [2.75, 3.05) is 6.54 Å². The van der Waals surface area contributed by atoms with Gasteiger partial charge in [-0.25, -0.2) is 0 Å². The monoisotopic (exact) mass is 349 g/mol. The van der Waals surface area contributed by atoms with Gasteiger partial charge in [0.2, 0.25) is 0 Å². The Labute approximate surface area is 131 Å². The molecule has 0 aliphatic carbocycles. The molecule has 1 N–H and O–H groups in total. The van der Waals surface area contributed by atoms with Gasteiger partial charge in [0.05, 0.1) is 4.83 Å². The van der Waals surface area contributed by atoms with Crippen molar-refractivity contribution in [2.45, 2.75) is 25.1 Å². The highest BCUT2D eigenvalue weighted by Crippen LogP contribution is 2.37. The highest BCUT2D eigenvalue weighted by atomic mass is 79.9. The topological polar surface area (TPSA) is 29.1 Å². The van der Waals surface area contributed by atoms with Gasteiger partial charge in [-0.2, -0.15) is 0 Å². The first-order valence-electron chi connectivity index (χ1n) is 6.68. The molecule has 0 bridgehead atoms. The Morgan fingerprint density at radius 2 is 2.10 bits per heavy atom. The fourth-order valence-corrected chi connectivity index (χ4v) is 4.22. The van der Waals surface area contributed by atoms with E-state index in [1.54, 1.807) is 0 Å². The molecule has 1 aromatic carbocycles. The molecular formula is C16H16BrNOS. The van der Waals surface area contributed by atoms with Crippen LogP contribution in [0, 0.1) is 13.8 Å². The van der Waals surface area contributed by atoms with Crippen LogP contribution in [0.3, 0.4) is 0 Å². The fourth-order valence-electron chi connectivity index (χ4n) is 2.48. The molecular weight excluding hydrogens is 334 g/mol. The second kappa shape index (κ2) is 5.34. The zero-order valence-corrected chi connectivity index (χ0v) is 13.9. The SMILES string of the molecule is Cc1cc(C(Br)c2ccc3c(c2)C(=O)NCC3)sc1C. The van der Waals surface area contributed by atoms with Crippen molar-refractivity contribution in [3.8, 4) is 0 Å². The van der Waals surface area contributed by atoms with Crippen LogP contribution >= 0.6 is 27.3 Å². The van der Waals surface area contributed by atoms with Crippen molar-refractivity contribution in [2.24, 2.45) is 0 Å². The molecule has 1 amide bonds. The molecule has 2 heterocycles. The minimum atomic E-state index is 0.0475. The summed E-state index contributed by atoms with van der Waals surface area (Å²) in [6.07, 6.45) is 0.922. The fraction of sp³-hybridized carbons (Fsp3) is 0.312. The Hall–Kier alpha value is -1.13. The zero-order chi connectivity index (χ0) is 14.3. The zero-order valence-electron chi connectivity index (χ0n) is 11.5. The standard InChI is InChI=1S/C16H16BrNOS/c1-9-7-14(20-10(9)2)15(17)12-4-3-11-5-6-18-16(19)13(11)8-12/h3-4,7-8,15H,5-6H2,1-2H3,(H,18,19). The molecule has 104 valence electrons. The summed E-state index contributed by atoms with van der Waals surface area (Å²) >= 11 is 5.58. The third-order valence-electron chi connectivity index (χ3n) is 3.79. The number of alkyl halides is 1. The van der Waals surface area contributed by atoms with E-state index >= 15 is 0 Å². The number of thiophene rings is 1. The molecule has 1 unspecified atom stereocenters. The first-order valence-corrected chi connectivity index (χ1v) is 8.41. The number of fused-ring (bicyclic) bond motifs is 1.